The third-order valence-corrected chi connectivity index (χ3v) is 5.35. The molecule has 1 N–H and O–H groups in total. The highest BCUT2D eigenvalue weighted by molar-refractivity contribution is 5.09. The van der Waals surface area contributed by atoms with Crippen molar-refractivity contribution in [3.8, 4) is 0 Å². The SMILES string of the molecule is CCNC1CC2CCCC(C1)N2C1CC1(C)C. The Labute approximate surface area is 106 Å². The van der Waals surface area contributed by atoms with Crippen LogP contribution in [0.3, 0.4) is 0 Å². The first kappa shape index (κ1) is 12.0. The molecule has 3 rings (SSSR count). The van der Waals surface area contributed by atoms with Crippen LogP contribution in [0.15, 0.2) is 0 Å². The quantitative estimate of drug-likeness (QED) is 0.810. The van der Waals surface area contributed by atoms with Crippen LogP contribution in [-0.2, 0) is 0 Å². The minimum atomic E-state index is 0.610. The van der Waals surface area contributed by atoms with E-state index in [9.17, 15) is 0 Å². The summed E-state index contributed by atoms with van der Waals surface area (Å²) in [4.78, 5) is 2.93. The van der Waals surface area contributed by atoms with Gasteiger partial charge in [0.2, 0.25) is 0 Å². The zero-order valence-electron chi connectivity index (χ0n) is 11.7. The van der Waals surface area contributed by atoms with Gasteiger partial charge in [-0.05, 0) is 44.1 Å². The second-order valence-electron chi connectivity index (χ2n) is 7.12. The van der Waals surface area contributed by atoms with E-state index in [4.69, 9.17) is 0 Å². The number of piperidine rings is 2. The molecule has 0 amide bonds. The number of hydrogen-bond acceptors (Lipinski definition) is 2. The summed E-state index contributed by atoms with van der Waals surface area (Å²) >= 11 is 0. The molecule has 98 valence electrons. The van der Waals surface area contributed by atoms with Crippen molar-refractivity contribution in [3.05, 3.63) is 0 Å². The van der Waals surface area contributed by atoms with E-state index in [1.54, 1.807) is 0 Å². The van der Waals surface area contributed by atoms with Crippen LogP contribution < -0.4 is 5.32 Å². The minimum absolute atomic E-state index is 0.610. The van der Waals surface area contributed by atoms with E-state index in [1.165, 1.54) is 38.5 Å². The fourth-order valence-corrected chi connectivity index (χ4v) is 4.33. The van der Waals surface area contributed by atoms with E-state index in [0.29, 0.717) is 5.41 Å². The first-order chi connectivity index (χ1) is 8.12. The minimum Gasteiger partial charge on any atom is -0.314 e. The summed E-state index contributed by atoms with van der Waals surface area (Å²) in [5.41, 5.74) is 0.610. The van der Waals surface area contributed by atoms with Crippen molar-refractivity contribution in [1.29, 1.82) is 0 Å². The number of nitrogens with zero attached hydrogens (tertiary/aromatic N) is 1. The van der Waals surface area contributed by atoms with Gasteiger partial charge in [-0.1, -0.05) is 27.2 Å². The lowest BCUT2D eigenvalue weighted by molar-refractivity contribution is 0.00895. The Kier molecular flexibility index (Phi) is 2.99. The fraction of sp³-hybridized carbons (Fsp3) is 1.00. The predicted octanol–water partition coefficient (Wildman–Crippen LogP) is 2.78. The maximum absolute atomic E-state index is 3.69. The molecule has 3 unspecified atom stereocenters. The Morgan fingerprint density at radius 1 is 1.18 bits per heavy atom. The Balaban J connectivity index is 1.70. The molecule has 2 nitrogen and oxygen atoms in total. The van der Waals surface area contributed by atoms with Crippen LogP contribution in [0, 0.1) is 5.41 Å². The molecule has 3 aliphatic rings. The van der Waals surface area contributed by atoms with Crippen LogP contribution >= 0.6 is 0 Å². The maximum atomic E-state index is 3.69. The number of nitrogens with one attached hydrogen (secondary N) is 1. The predicted molar refractivity (Wildman–Crippen MR) is 72.2 cm³/mol. The highest BCUT2D eigenvalue weighted by Gasteiger charge is 2.54. The smallest absolute Gasteiger partial charge is 0.0158 e. The summed E-state index contributed by atoms with van der Waals surface area (Å²) in [7, 11) is 0. The summed E-state index contributed by atoms with van der Waals surface area (Å²) < 4.78 is 0. The average Bonchev–Trinajstić information content (AvgIpc) is 2.86. The second kappa shape index (κ2) is 4.24. The van der Waals surface area contributed by atoms with Crippen molar-refractivity contribution < 1.29 is 0 Å². The van der Waals surface area contributed by atoms with E-state index in [0.717, 1.165) is 30.7 Å². The molecule has 1 saturated carbocycles. The molecule has 0 aromatic rings. The van der Waals surface area contributed by atoms with Crippen LogP contribution in [-0.4, -0.2) is 35.6 Å². The lowest BCUT2D eigenvalue weighted by Crippen LogP contribution is -2.57. The van der Waals surface area contributed by atoms with Gasteiger partial charge in [0.1, 0.15) is 0 Å². The molecule has 2 saturated heterocycles. The zero-order valence-corrected chi connectivity index (χ0v) is 11.7. The van der Waals surface area contributed by atoms with Gasteiger partial charge in [-0.15, -0.1) is 0 Å². The van der Waals surface area contributed by atoms with Gasteiger partial charge in [-0.25, -0.2) is 0 Å². The monoisotopic (exact) mass is 236 g/mol. The van der Waals surface area contributed by atoms with Crippen molar-refractivity contribution in [2.45, 2.75) is 83.5 Å². The highest BCUT2D eigenvalue weighted by Crippen LogP contribution is 2.53. The van der Waals surface area contributed by atoms with E-state index in [-0.39, 0.29) is 0 Å². The lowest BCUT2D eigenvalue weighted by atomic mass is 9.81. The molecule has 0 aromatic carbocycles. The molecule has 17 heavy (non-hydrogen) atoms. The Morgan fingerprint density at radius 3 is 2.24 bits per heavy atom. The zero-order chi connectivity index (χ0) is 12.0. The molecule has 2 heteroatoms. The lowest BCUT2D eigenvalue weighted by Gasteiger charge is -2.50. The molecule has 0 radical (unpaired) electrons. The van der Waals surface area contributed by atoms with Gasteiger partial charge in [-0.2, -0.15) is 0 Å². The molecule has 2 heterocycles. The van der Waals surface area contributed by atoms with E-state index in [1.807, 2.05) is 0 Å². The standard InChI is InChI=1S/C15H28N2/c1-4-16-11-8-12-6-5-7-13(9-11)17(12)14-10-15(14,2)3/h11-14,16H,4-10H2,1-3H3. The molecule has 2 aliphatic heterocycles. The third kappa shape index (κ3) is 2.15. The Hall–Kier alpha value is -0.0800. The van der Waals surface area contributed by atoms with Gasteiger partial charge in [0.15, 0.2) is 0 Å². The fourth-order valence-electron chi connectivity index (χ4n) is 4.33. The summed E-state index contributed by atoms with van der Waals surface area (Å²) in [6.07, 6.45) is 8.60. The van der Waals surface area contributed by atoms with Gasteiger partial charge < -0.3 is 5.32 Å². The van der Waals surface area contributed by atoms with Gasteiger partial charge >= 0.3 is 0 Å². The number of hydrogen-bond donors (Lipinski definition) is 1. The van der Waals surface area contributed by atoms with Crippen molar-refractivity contribution in [1.82, 2.24) is 10.2 Å². The topological polar surface area (TPSA) is 15.3 Å². The maximum Gasteiger partial charge on any atom is 0.0158 e. The van der Waals surface area contributed by atoms with E-state index in [2.05, 4.69) is 31.0 Å². The third-order valence-electron chi connectivity index (χ3n) is 5.35. The van der Waals surface area contributed by atoms with Crippen LogP contribution in [0.2, 0.25) is 0 Å². The molecule has 3 atom stereocenters. The summed E-state index contributed by atoms with van der Waals surface area (Å²) in [6, 6.07) is 3.48. The van der Waals surface area contributed by atoms with Crippen LogP contribution in [0.4, 0.5) is 0 Å². The Bertz CT molecular complexity index is 273. The van der Waals surface area contributed by atoms with Crippen molar-refractivity contribution in [2.24, 2.45) is 5.41 Å². The molecular weight excluding hydrogens is 208 g/mol. The summed E-state index contributed by atoms with van der Waals surface area (Å²) in [6.45, 7) is 8.28. The summed E-state index contributed by atoms with van der Waals surface area (Å²) in [5.74, 6) is 0. The van der Waals surface area contributed by atoms with Gasteiger partial charge in [0, 0.05) is 24.2 Å². The largest absolute Gasteiger partial charge is 0.314 e. The first-order valence-electron chi connectivity index (χ1n) is 7.62. The van der Waals surface area contributed by atoms with E-state index < -0.39 is 0 Å². The van der Waals surface area contributed by atoms with Gasteiger partial charge in [-0.3, -0.25) is 4.90 Å². The van der Waals surface area contributed by atoms with Gasteiger partial charge in [0.05, 0.1) is 0 Å². The average molecular weight is 236 g/mol. The first-order valence-corrected chi connectivity index (χ1v) is 7.62. The number of fused-ring (bicyclic) bond motifs is 2. The molecule has 0 aromatic heterocycles. The second-order valence-corrected chi connectivity index (χ2v) is 7.12. The van der Waals surface area contributed by atoms with E-state index >= 15 is 0 Å². The Morgan fingerprint density at radius 2 is 1.76 bits per heavy atom. The van der Waals surface area contributed by atoms with Crippen molar-refractivity contribution >= 4 is 0 Å². The van der Waals surface area contributed by atoms with Gasteiger partial charge in [0.25, 0.3) is 0 Å². The highest BCUT2D eigenvalue weighted by atomic mass is 15.3. The number of rotatable bonds is 3. The summed E-state index contributed by atoms with van der Waals surface area (Å²) in [5, 5.41) is 3.69. The van der Waals surface area contributed by atoms with Crippen molar-refractivity contribution in [3.63, 3.8) is 0 Å². The molecule has 2 bridgehead atoms. The molecule has 1 aliphatic carbocycles. The molecule has 0 spiro atoms. The molecule has 3 fully saturated rings. The van der Waals surface area contributed by atoms with Crippen LogP contribution in [0.5, 0.6) is 0 Å². The molecular formula is C15H28N2. The van der Waals surface area contributed by atoms with Crippen molar-refractivity contribution in [2.75, 3.05) is 6.54 Å². The van der Waals surface area contributed by atoms with Crippen LogP contribution in [0.25, 0.3) is 0 Å². The normalized spacial score (nSPS) is 44.6. The van der Waals surface area contributed by atoms with Crippen LogP contribution in [0.1, 0.15) is 59.3 Å².